The number of aromatic nitrogens is 5. The van der Waals surface area contributed by atoms with Crippen LogP contribution in [-0.2, 0) is 30.7 Å². The predicted molar refractivity (Wildman–Crippen MR) is 180 cm³/mol. The number of fused-ring (bicyclic) bond motifs is 4. The van der Waals surface area contributed by atoms with Crippen LogP contribution in [0.2, 0.25) is 5.02 Å². The number of hydrogen-bond acceptors (Lipinski definition) is 5. The lowest BCUT2D eigenvalue weighted by molar-refractivity contribution is -0.122. The number of aliphatic hydroxyl groups is 1. The SMILES string of the molecule is C=C1[C@@H]2c3c(C(F)F)nn(CC(=O)NC(Cc4cc(F)cc(F)c4)c4nc(C#CC(C)(C)O)ccc4-c4ccc(Cl)c5cnn(C)c45)c3C(F)(F)[C@H]12. The summed E-state index contributed by atoms with van der Waals surface area (Å²) in [6.07, 6.45) is -1.87. The van der Waals surface area contributed by atoms with Crippen molar-refractivity contribution in [3.05, 3.63) is 111 Å². The monoisotopic (exact) mass is 738 g/mol. The first kappa shape index (κ1) is 35.3. The summed E-state index contributed by atoms with van der Waals surface area (Å²) in [4.78, 5) is 18.6. The molecule has 0 saturated heterocycles. The van der Waals surface area contributed by atoms with Crippen LogP contribution in [-0.4, -0.2) is 41.2 Å². The highest BCUT2D eigenvalue weighted by atomic mass is 35.5. The van der Waals surface area contributed by atoms with Crippen LogP contribution in [0.25, 0.3) is 22.0 Å². The maximum absolute atomic E-state index is 15.5. The molecule has 2 aromatic carbocycles. The lowest BCUT2D eigenvalue weighted by atomic mass is 9.93. The normalized spacial score (nSPS) is 17.9. The first-order valence-electron chi connectivity index (χ1n) is 16.0. The van der Waals surface area contributed by atoms with E-state index in [2.05, 4.69) is 33.9 Å². The molecule has 3 aromatic heterocycles. The maximum atomic E-state index is 15.5. The third kappa shape index (κ3) is 6.22. The van der Waals surface area contributed by atoms with Crippen molar-refractivity contribution in [2.75, 3.05) is 0 Å². The topological polar surface area (TPSA) is 97.9 Å². The quantitative estimate of drug-likeness (QED) is 0.0990. The molecule has 8 nitrogen and oxygen atoms in total. The van der Waals surface area contributed by atoms with E-state index in [9.17, 15) is 27.5 Å². The summed E-state index contributed by atoms with van der Waals surface area (Å²) in [5.74, 6) is -3.16. The zero-order valence-corrected chi connectivity index (χ0v) is 28.5. The Balaban J connectivity index is 1.36. The fourth-order valence-electron chi connectivity index (χ4n) is 6.97. The zero-order valence-electron chi connectivity index (χ0n) is 27.8. The van der Waals surface area contributed by atoms with Gasteiger partial charge in [-0.25, -0.2) is 22.5 Å². The molecule has 1 saturated carbocycles. The summed E-state index contributed by atoms with van der Waals surface area (Å²) in [7, 11) is 1.69. The van der Waals surface area contributed by atoms with Crippen LogP contribution in [0.4, 0.5) is 26.3 Å². The molecule has 3 atom stereocenters. The van der Waals surface area contributed by atoms with Gasteiger partial charge in [0.25, 0.3) is 12.3 Å². The van der Waals surface area contributed by atoms with Gasteiger partial charge in [-0.2, -0.15) is 19.0 Å². The molecule has 7 rings (SSSR count). The van der Waals surface area contributed by atoms with Gasteiger partial charge in [-0.05, 0) is 62.1 Å². The van der Waals surface area contributed by atoms with Crippen molar-refractivity contribution in [2.24, 2.45) is 13.0 Å². The van der Waals surface area contributed by atoms with Gasteiger partial charge in [0.05, 0.1) is 34.4 Å². The summed E-state index contributed by atoms with van der Waals surface area (Å²) in [5, 5.41) is 22.0. The molecule has 2 aliphatic carbocycles. The minimum Gasteiger partial charge on any atom is -0.378 e. The van der Waals surface area contributed by atoms with Crippen LogP contribution >= 0.6 is 11.6 Å². The van der Waals surface area contributed by atoms with E-state index in [-0.39, 0.29) is 34.5 Å². The smallest absolute Gasteiger partial charge is 0.297 e. The van der Waals surface area contributed by atoms with E-state index in [1.165, 1.54) is 13.8 Å². The number of nitrogens with zero attached hydrogens (tertiary/aromatic N) is 5. The lowest BCUT2D eigenvalue weighted by Crippen LogP contribution is -2.35. The number of alkyl halides is 4. The number of halogens is 7. The highest BCUT2D eigenvalue weighted by molar-refractivity contribution is 6.35. The highest BCUT2D eigenvalue weighted by Crippen LogP contribution is 2.71. The molecule has 2 aliphatic rings. The third-order valence-corrected chi connectivity index (χ3v) is 9.47. The number of allylic oxidation sites excluding steroid dienone is 1. The van der Waals surface area contributed by atoms with Crippen molar-refractivity contribution < 1.29 is 36.2 Å². The van der Waals surface area contributed by atoms with Crippen LogP contribution in [0.1, 0.15) is 66.1 Å². The molecule has 0 spiro atoms. The van der Waals surface area contributed by atoms with Crippen molar-refractivity contribution in [2.45, 2.75) is 56.7 Å². The van der Waals surface area contributed by atoms with E-state index in [4.69, 9.17) is 16.6 Å². The van der Waals surface area contributed by atoms with E-state index < -0.39 is 71.3 Å². The molecule has 5 aromatic rings. The Morgan fingerprint density at radius 2 is 1.81 bits per heavy atom. The number of hydrogen-bond donors (Lipinski definition) is 2. The molecular weight excluding hydrogens is 710 g/mol. The fourth-order valence-corrected chi connectivity index (χ4v) is 7.17. The van der Waals surface area contributed by atoms with Crippen LogP contribution in [0, 0.1) is 29.4 Å². The average molecular weight is 739 g/mol. The zero-order chi connectivity index (χ0) is 37.4. The molecule has 15 heteroatoms. The number of pyridine rings is 1. The predicted octanol–water partition coefficient (Wildman–Crippen LogP) is 7.30. The number of rotatable bonds is 8. The summed E-state index contributed by atoms with van der Waals surface area (Å²) in [6.45, 7) is 5.65. The molecule has 0 radical (unpaired) electrons. The Bertz CT molecular complexity index is 2350. The van der Waals surface area contributed by atoms with E-state index in [1.54, 1.807) is 42.2 Å². The van der Waals surface area contributed by atoms with Gasteiger partial charge >= 0.3 is 0 Å². The number of aryl methyl sites for hydroxylation is 1. The van der Waals surface area contributed by atoms with Gasteiger partial charge in [0.2, 0.25) is 5.91 Å². The molecule has 2 N–H and O–H groups in total. The standard InChI is InChI=1S/C37H29ClF6N6O2/c1-17-28-29-32(35(41)42)48-50(34(29)37(43,44)30(17)28)16-27(51)47-26(13-18-11-19(39)14-20(40)12-18)31-22(6-5-21(46-31)9-10-36(2,3)52)23-7-8-25(38)24-15-45-49(4)33(23)24/h5-8,11-12,14-15,26,28,30,35,52H,1,13,16H2,2-4H3,(H,47,51)/t26?,28-,30-/m1/s1. The first-order chi connectivity index (χ1) is 24.4. The van der Waals surface area contributed by atoms with Gasteiger partial charge < -0.3 is 10.4 Å². The number of carbonyl (C=O) groups is 1. The van der Waals surface area contributed by atoms with Gasteiger partial charge in [-0.1, -0.05) is 35.7 Å². The van der Waals surface area contributed by atoms with Gasteiger partial charge in [0, 0.05) is 41.1 Å². The Labute approximate surface area is 298 Å². The summed E-state index contributed by atoms with van der Waals surface area (Å²) < 4.78 is 90.1. The molecule has 1 fully saturated rings. The Morgan fingerprint density at radius 1 is 1.12 bits per heavy atom. The average Bonchev–Trinajstić information content (AvgIpc) is 3.28. The first-order valence-corrected chi connectivity index (χ1v) is 16.4. The van der Waals surface area contributed by atoms with Crippen molar-refractivity contribution in [1.29, 1.82) is 0 Å². The number of carbonyl (C=O) groups excluding carboxylic acids is 1. The molecule has 1 amide bonds. The number of benzene rings is 2. The third-order valence-electron chi connectivity index (χ3n) is 9.14. The van der Waals surface area contributed by atoms with Crippen LogP contribution < -0.4 is 5.32 Å². The van der Waals surface area contributed by atoms with E-state index in [1.807, 2.05) is 0 Å². The molecule has 268 valence electrons. The second-order valence-electron chi connectivity index (χ2n) is 13.4. The minimum atomic E-state index is -3.58. The van der Waals surface area contributed by atoms with Crippen LogP contribution in [0.15, 0.2) is 60.8 Å². The van der Waals surface area contributed by atoms with E-state index >= 15 is 8.78 Å². The molecule has 1 unspecified atom stereocenters. The molecule has 3 heterocycles. The van der Waals surface area contributed by atoms with Gasteiger partial charge in [-0.15, -0.1) is 0 Å². The summed E-state index contributed by atoms with van der Waals surface area (Å²) >= 11 is 6.47. The van der Waals surface area contributed by atoms with Gasteiger partial charge in [-0.3, -0.25) is 14.2 Å². The summed E-state index contributed by atoms with van der Waals surface area (Å²) in [6, 6.07) is 8.18. The van der Waals surface area contributed by atoms with Crippen molar-refractivity contribution in [3.8, 4) is 23.0 Å². The molecule has 0 bridgehead atoms. The second-order valence-corrected chi connectivity index (χ2v) is 13.8. The Kier molecular flexibility index (Phi) is 8.50. The largest absolute Gasteiger partial charge is 0.378 e. The van der Waals surface area contributed by atoms with E-state index in [0.717, 1.165) is 12.1 Å². The molecule has 52 heavy (non-hydrogen) atoms. The van der Waals surface area contributed by atoms with Crippen LogP contribution in [0.3, 0.4) is 0 Å². The van der Waals surface area contributed by atoms with Crippen molar-refractivity contribution >= 4 is 28.4 Å². The summed E-state index contributed by atoms with van der Waals surface area (Å²) in [5.41, 5.74) is -1.24. The Hall–Kier alpha value is -5.13. The Morgan fingerprint density at radius 3 is 2.48 bits per heavy atom. The van der Waals surface area contributed by atoms with Gasteiger partial charge in [0.15, 0.2) is 0 Å². The fraction of sp³-hybridized carbons (Fsp3) is 0.297. The number of nitrogens with one attached hydrogen (secondary N) is 1. The number of amides is 1. The van der Waals surface area contributed by atoms with E-state index in [0.29, 0.717) is 37.8 Å². The lowest BCUT2D eigenvalue weighted by Gasteiger charge is -2.23. The van der Waals surface area contributed by atoms with Crippen molar-refractivity contribution in [1.82, 2.24) is 29.9 Å². The molecule has 0 aliphatic heterocycles. The minimum absolute atomic E-state index is 0.107. The molecular formula is C37H29ClF6N6O2. The second kappa shape index (κ2) is 12.5. The maximum Gasteiger partial charge on any atom is 0.297 e. The van der Waals surface area contributed by atoms with Gasteiger partial charge in [0.1, 0.15) is 40.9 Å². The highest BCUT2D eigenvalue weighted by Gasteiger charge is 2.70. The van der Waals surface area contributed by atoms with Crippen LogP contribution in [0.5, 0.6) is 0 Å². The van der Waals surface area contributed by atoms with Crippen molar-refractivity contribution in [3.63, 3.8) is 0 Å².